The van der Waals surface area contributed by atoms with E-state index in [1.54, 1.807) is 0 Å². The van der Waals surface area contributed by atoms with Crippen molar-refractivity contribution in [1.29, 1.82) is 0 Å². The third kappa shape index (κ3) is 1.64. The summed E-state index contributed by atoms with van der Waals surface area (Å²) in [5.74, 6) is 0. The molecule has 1 atom stereocenters. The van der Waals surface area contributed by atoms with Gasteiger partial charge in [0.2, 0.25) is 0 Å². The summed E-state index contributed by atoms with van der Waals surface area (Å²) >= 11 is 0. The molecule has 4 rings (SSSR count). The van der Waals surface area contributed by atoms with Gasteiger partial charge in [0.1, 0.15) is 0 Å². The minimum Gasteiger partial charge on any atom is -0.392 e. The van der Waals surface area contributed by atoms with E-state index >= 15 is 0 Å². The predicted molar refractivity (Wildman–Crippen MR) is 75.9 cm³/mol. The molecule has 1 N–H and O–H groups in total. The van der Waals surface area contributed by atoms with Crippen LogP contribution in [-0.4, -0.2) is 29.2 Å². The number of rotatable bonds is 1. The summed E-state index contributed by atoms with van der Waals surface area (Å²) in [7, 11) is 0. The first-order valence-electron chi connectivity index (χ1n) is 6.95. The molecule has 2 aliphatic rings. The van der Waals surface area contributed by atoms with Crippen molar-refractivity contribution in [2.75, 3.05) is 13.1 Å². The molecule has 2 aromatic carbocycles. The van der Waals surface area contributed by atoms with Gasteiger partial charge in [0, 0.05) is 13.1 Å². The topological polar surface area (TPSA) is 23.5 Å². The Balaban J connectivity index is 1.87. The molecule has 0 aromatic heterocycles. The Morgan fingerprint density at radius 1 is 0.895 bits per heavy atom. The first-order chi connectivity index (χ1) is 9.34. The van der Waals surface area contributed by atoms with Gasteiger partial charge in [0.15, 0.2) is 0 Å². The Morgan fingerprint density at radius 3 is 2.00 bits per heavy atom. The highest BCUT2D eigenvalue weighted by atomic mass is 16.3. The molecule has 0 amide bonds. The number of nitrogens with zero attached hydrogens (tertiary/aromatic N) is 1. The number of benzene rings is 2. The molecule has 0 bridgehead atoms. The number of fused-ring (bicyclic) bond motifs is 3. The summed E-state index contributed by atoms with van der Waals surface area (Å²) in [5.41, 5.74) is 5.48. The van der Waals surface area contributed by atoms with Crippen LogP contribution in [0.2, 0.25) is 0 Å². The first kappa shape index (κ1) is 11.2. The van der Waals surface area contributed by atoms with Gasteiger partial charge >= 0.3 is 0 Å². The van der Waals surface area contributed by atoms with Crippen molar-refractivity contribution < 1.29 is 5.11 Å². The second kappa shape index (κ2) is 4.19. The van der Waals surface area contributed by atoms with Crippen LogP contribution in [0.15, 0.2) is 48.5 Å². The number of β-amino-alcohol motifs (C(OH)–C–C–N with tert-alkyl or cyclic N) is 1. The Morgan fingerprint density at radius 2 is 1.47 bits per heavy atom. The molecule has 1 aliphatic heterocycles. The van der Waals surface area contributed by atoms with E-state index in [-0.39, 0.29) is 6.10 Å². The van der Waals surface area contributed by atoms with E-state index in [1.165, 1.54) is 22.3 Å². The van der Waals surface area contributed by atoms with Crippen molar-refractivity contribution in [3.63, 3.8) is 0 Å². The van der Waals surface area contributed by atoms with Gasteiger partial charge in [-0.2, -0.15) is 0 Å². The number of hydrogen-bond donors (Lipinski definition) is 1. The zero-order valence-corrected chi connectivity index (χ0v) is 10.8. The van der Waals surface area contributed by atoms with Crippen LogP contribution in [0, 0.1) is 0 Å². The van der Waals surface area contributed by atoms with Gasteiger partial charge in [-0.15, -0.1) is 0 Å². The van der Waals surface area contributed by atoms with Gasteiger partial charge in [0.25, 0.3) is 0 Å². The van der Waals surface area contributed by atoms with Crippen LogP contribution in [0.3, 0.4) is 0 Å². The molecule has 1 saturated heterocycles. The molecule has 2 nitrogen and oxygen atoms in total. The lowest BCUT2D eigenvalue weighted by Crippen LogP contribution is -2.27. The van der Waals surface area contributed by atoms with Gasteiger partial charge in [-0.1, -0.05) is 48.5 Å². The molecular weight excluding hydrogens is 234 g/mol. The molecule has 0 radical (unpaired) electrons. The second-order valence-electron chi connectivity index (χ2n) is 5.51. The first-order valence-corrected chi connectivity index (χ1v) is 6.95. The van der Waals surface area contributed by atoms with Gasteiger partial charge in [-0.3, -0.25) is 4.90 Å². The maximum Gasteiger partial charge on any atom is 0.0679 e. The number of likely N-dealkylation sites (tertiary alicyclic amines) is 1. The van der Waals surface area contributed by atoms with E-state index in [2.05, 4.69) is 53.4 Å². The number of hydrogen-bond acceptors (Lipinski definition) is 2. The molecule has 1 fully saturated rings. The quantitative estimate of drug-likeness (QED) is 0.842. The molecule has 2 aromatic rings. The minimum atomic E-state index is -0.167. The van der Waals surface area contributed by atoms with Crippen LogP contribution in [0.25, 0.3) is 11.1 Å². The monoisotopic (exact) mass is 251 g/mol. The summed E-state index contributed by atoms with van der Waals surface area (Å²) in [6.45, 7) is 1.77. The van der Waals surface area contributed by atoms with Crippen molar-refractivity contribution in [2.45, 2.75) is 18.6 Å². The standard InChI is InChI=1S/C17H17NO/c19-12-9-10-18(11-12)17-15-7-3-1-5-13(15)14-6-2-4-8-16(14)17/h1-8,12,17,19H,9-11H2/t12-/m0/s1. The van der Waals surface area contributed by atoms with E-state index in [4.69, 9.17) is 0 Å². The summed E-state index contributed by atoms with van der Waals surface area (Å²) in [4.78, 5) is 2.41. The largest absolute Gasteiger partial charge is 0.392 e. The van der Waals surface area contributed by atoms with E-state index in [1.807, 2.05) is 0 Å². The zero-order valence-electron chi connectivity index (χ0n) is 10.8. The molecule has 1 aliphatic carbocycles. The molecule has 2 heteroatoms. The van der Waals surface area contributed by atoms with Gasteiger partial charge in [-0.25, -0.2) is 0 Å². The Kier molecular flexibility index (Phi) is 2.47. The highest BCUT2D eigenvalue weighted by Gasteiger charge is 2.35. The van der Waals surface area contributed by atoms with E-state index in [9.17, 15) is 5.11 Å². The van der Waals surface area contributed by atoms with Gasteiger partial charge < -0.3 is 5.11 Å². The van der Waals surface area contributed by atoms with Crippen LogP contribution in [0.5, 0.6) is 0 Å². The molecule has 1 heterocycles. The second-order valence-corrected chi connectivity index (χ2v) is 5.51. The molecular formula is C17H17NO. The van der Waals surface area contributed by atoms with Crippen LogP contribution in [0.1, 0.15) is 23.6 Å². The molecule has 0 unspecified atom stereocenters. The average Bonchev–Trinajstić information content (AvgIpc) is 3.00. The highest BCUT2D eigenvalue weighted by molar-refractivity contribution is 5.78. The number of aliphatic hydroxyl groups excluding tert-OH is 1. The van der Waals surface area contributed by atoms with E-state index < -0.39 is 0 Å². The van der Waals surface area contributed by atoms with Gasteiger partial charge in [-0.05, 0) is 28.7 Å². The van der Waals surface area contributed by atoms with E-state index in [0.717, 1.165) is 19.5 Å². The Labute approximate surface area is 113 Å². The average molecular weight is 251 g/mol. The zero-order chi connectivity index (χ0) is 12.8. The predicted octanol–water partition coefficient (Wildman–Crippen LogP) is 2.82. The van der Waals surface area contributed by atoms with Crippen LogP contribution < -0.4 is 0 Å². The summed E-state index contributed by atoms with van der Waals surface area (Å²) in [6, 6.07) is 17.6. The van der Waals surface area contributed by atoms with E-state index in [0.29, 0.717) is 6.04 Å². The normalized spacial score (nSPS) is 22.5. The maximum absolute atomic E-state index is 9.81. The lowest BCUT2D eigenvalue weighted by molar-refractivity contribution is 0.168. The summed E-state index contributed by atoms with van der Waals surface area (Å²) in [5, 5.41) is 9.81. The molecule has 0 spiro atoms. The highest BCUT2D eigenvalue weighted by Crippen LogP contribution is 2.46. The lowest BCUT2D eigenvalue weighted by Gasteiger charge is -2.25. The Bertz CT molecular complexity index is 577. The fraction of sp³-hybridized carbons (Fsp3) is 0.294. The molecule has 0 saturated carbocycles. The third-order valence-electron chi connectivity index (χ3n) is 4.36. The smallest absolute Gasteiger partial charge is 0.0679 e. The third-order valence-corrected chi connectivity index (χ3v) is 4.36. The summed E-state index contributed by atoms with van der Waals surface area (Å²) < 4.78 is 0. The van der Waals surface area contributed by atoms with Crippen molar-refractivity contribution in [3.8, 4) is 11.1 Å². The van der Waals surface area contributed by atoms with Crippen LogP contribution in [0.4, 0.5) is 0 Å². The van der Waals surface area contributed by atoms with Crippen molar-refractivity contribution in [1.82, 2.24) is 4.90 Å². The van der Waals surface area contributed by atoms with Crippen molar-refractivity contribution in [3.05, 3.63) is 59.7 Å². The number of aliphatic hydroxyl groups is 1. The van der Waals surface area contributed by atoms with Crippen LogP contribution >= 0.6 is 0 Å². The van der Waals surface area contributed by atoms with Crippen molar-refractivity contribution >= 4 is 0 Å². The maximum atomic E-state index is 9.81. The minimum absolute atomic E-state index is 0.167. The van der Waals surface area contributed by atoms with Crippen LogP contribution in [-0.2, 0) is 0 Å². The molecule has 96 valence electrons. The fourth-order valence-electron chi connectivity index (χ4n) is 3.53. The summed E-state index contributed by atoms with van der Waals surface area (Å²) in [6.07, 6.45) is 0.723. The Hall–Kier alpha value is -1.64. The molecule has 19 heavy (non-hydrogen) atoms. The van der Waals surface area contributed by atoms with Crippen molar-refractivity contribution in [2.24, 2.45) is 0 Å². The van der Waals surface area contributed by atoms with Gasteiger partial charge in [0.05, 0.1) is 12.1 Å². The SMILES string of the molecule is O[C@H]1CCN(C2c3ccccc3-c3ccccc32)C1. The lowest BCUT2D eigenvalue weighted by atomic mass is 10.0. The fourth-order valence-corrected chi connectivity index (χ4v) is 3.53.